The third-order valence-electron chi connectivity index (χ3n) is 4.08. The fourth-order valence-electron chi connectivity index (χ4n) is 2.83. The van der Waals surface area contributed by atoms with E-state index >= 15 is 0 Å². The number of amides is 2. The van der Waals surface area contributed by atoms with Crippen molar-refractivity contribution in [3.05, 3.63) is 82.2 Å². The van der Waals surface area contributed by atoms with Gasteiger partial charge in [-0.25, -0.2) is 0 Å². The fourth-order valence-corrected chi connectivity index (χ4v) is 3.29. The number of benzene rings is 2. The molecule has 0 saturated carbocycles. The van der Waals surface area contributed by atoms with Crippen molar-refractivity contribution in [3.8, 4) is 0 Å². The Morgan fingerprint density at radius 1 is 1.12 bits per heavy atom. The van der Waals surface area contributed by atoms with Crippen LogP contribution in [0.2, 0.25) is 0 Å². The summed E-state index contributed by atoms with van der Waals surface area (Å²) >= 11 is 3.46. The smallest absolute Gasteiger partial charge is 0.291 e. The summed E-state index contributed by atoms with van der Waals surface area (Å²) in [5.74, 6) is -0.112. The monoisotopic (exact) mass is 396 g/mol. The third kappa shape index (κ3) is 2.85. The normalized spacial score (nSPS) is 13.0. The summed E-state index contributed by atoms with van der Waals surface area (Å²) < 4.78 is 5.77. The molecule has 124 valence electrons. The van der Waals surface area contributed by atoms with E-state index < -0.39 is 0 Å². The molecule has 0 saturated heterocycles. The van der Waals surface area contributed by atoms with Crippen LogP contribution in [0.5, 0.6) is 0 Å². The van der Waals surface area contributed by atoms with Crippen molar-refractivity contribution in [2.45, 2.75) is 6.54 Å². The van der Waals surface area contributed by atoms with Crippen LogP contribution in [0, 0.1) is 0 Å². The Bertz CT molecular complexity index is 967. The van der Waals surface area contributed by atoms with Crippen LogP contribution in [-0.4, -0.2) is 11.8 Å². The maximum atomic E-state index is 12.6. The molecule has 0 aliphatic carbocycles. The Morgan fingerprint density at radius 3 is 2.68 bits per heavy atom. The zero-order valence-corrected chi connectivity index (χ0v) is 14.6. The Morgan fingerprint density at radius 2 is 1.96 bits per heavy atom. The van der Waals surface area contributed by atoms with Gasteiger partial charge in [-0.15, -0.1) is 0 Å². The van der Waals surface area contributed by atoms with Crippen molar-refractivity contribution in [1.82, 2.24) is 0 Å². The van der Waals surface area contributed by atoms with E-state index in [4.69, 9.17) is 4.42 Å². The van der Waals surface area contributed by atoms with Gasteiger partial charge in [-0.3, -0.25) is 9.59 Å². The molecule has 1 aliphatic heterocycles. The van der Waals surface area contributed by atoms with Crippen LogP contribution in [0.25, 0.3) is 0 Å². The van der Waals surface area contributed by atoms with Crippen molar-refractivity contribution in [3.63, 3.8) is 0 Å². The standard InChI is InChI=1S/C19H13BrN2O3/c20-15-10-13(22-11-12-4-1-2-5-14(12)19(22)24)7-8-16(15)21-18(23)17-6-3-9-25-17/h1-10H,11H2,(H,21,23). The average molecular weight is 397 g/mol. The lowest BCUT2D eigenvalue weighted by Gasteiger charge is -2.17. The minimum Gasteiger partial charge on any atom is -0.459 e. The number of rotatable bonds is 3. The number of nitrogens with zero attached hydrogens (tertiary/aromatic N) is 1. The molecule has 3 aromatic rings. The minimum atomic E-state index is -0.330. The maximum Gasteiger partial charge on any atom is 0.291 e. The molecule has 0 spiro atoms. The zero-order valence-electron chi connectivity index (χ0n) is 13.0. The van der Waals surface area contributed by atoms with E-state index in [1.165, 1.54) is 6.26 Å². The number of carbonyl (C=O) groups is 2. The van der Waals surface area contributed by atoms with Gasteiger partial charge in [0.15, 0.2) is 5.76 Å². The van der Waals surface area contributed by atoms with Crippen molar-refractivity contribution >= 4 is 39.1 Å². The van der Waals surface area contributed by atoms with Crippen LogP contribution < -0.4 is 10.2 Å². The van der Waals surface area contributed by atoms with Gasteiger partial charge in [-0.1, -0.05) is 18.2 Å². The first-order chi connectivity index (χ1) is 12.1. The molecule has 25 heavy (non-hydrogen) atoms. The number of fused-ring (bicyclic) bond motifs is 1. The van der Waals surface area contributed by atoms with Gasteiger partial charge in [-0.05, 0) is 57.9 Å². The van der Waals surface area contributed by atoms with Crippen LogP contribution in [0.4, 0.5) is 11.4 Å². The number of halogens is 1. The molecule has 0 radical (unpaired) electrons. The van der Waals surface area contributed by atoms with Gasteiger partial charge in [0.05, 0.1) is 18.5 Å². The summed E-state index contributed by atoms with van der Waals surface area (Å²) in [6, 6.07) is 16.2. The SMILES string of the molecule is O=C(Nc1ccc(N2Cc3ccccc3C2=O)cc1Br)c1ccco1. The molecule has 1 N–H and O–H groups in total. The minimum absolute atomic E-state index is 0.0186. The Labute approximate surface area is 152 Å². The lowest BCUT2D eigenvalue weighted by molar-refractivity contribution is 0.0988. The number of hydrogen-bond donors (Lipinski definition) is 1. The second-order valence-corrected chi connectivity index (χ2v) is 6.50. The van der Waals surface area contributed by atoms with E-state index in [2.05, 4.69) is 21.2 Å². The molecule has 2 aromatic carbocycles. The summed E-state index contributed by atoms with van der Waals surface area (Å²) in [7, 11) is 0. The molecule has 0 fully saturated rings. The lowest BCUT2D eigenvalue weighted by atomic mass is 10.1. The molecule has 1 aromatic heterocycles. The molecular formula is C19H13BrN2O3. The Hall–Kier alpha value is -2.86. The number of hydrogen-bond acceptors (Lipinski definition) is 3. The van der Waals surface area contributed by atoms with Crippen molar-refractivity contribution < 1.29 is 14.0 Å². The van der Waals surface area contributed by atoms with Crippen molar-refractivity contribution in [2.24, 2.45) is 0 Å². The van der Waals surface area contributed by atoms with Crippen LogP contribution in [0.15, 0.2) is 69.8 Å². The molecule has 0 bridgehead atoms. The molecular weight excluding hydrogens is 384 g/mol. The molecule has 1 aliphatic rings. The van der Waals surface area contributed by atoms with E-state index in [0.29, 0.717) is 16.7 Å². The van der Waals surface area contributed by atoms with Crippen molar-refractivity contribution in [1.29, 1.82) is 0 Å². The highest BCUT2D eigenvalue weighted by Gasteiger charge is 2.28. The summed E-state index contributed by atoms with van der Waals surface area (Å²) in [6.45, 7) is 0.541. The number of carbonyl (C=O) groups excluding carboxylic acids is 2. The van der Waals surface area contributed by atoms with Gasteiger partial charge >= 0.3 is 0 Å². The van der Waals surface area contributed by atoms with E-state index in [9.17, 15) is 9.59 Å². The second kappa shape index (κ2) is 6.22. The molecule has 5 nitrogen and oxygen atoms in total. The maximum absolute atomic E-state index is 12.6. The first-order valence-corrected chi connectivity index (χ1v) is 8.47. The highest BCUT2D eigenvalue weighted by molar-refractivity contribution is 9.10. The van der Waals surface area contributed by atoms with E-state index in [-0.39, 0.29) is 17.6 Å². The predicted molar refractivity (Wildman–Crippen MR) is 97.8 cm³/mol. The van der Waals surface area contributed by atoms with E-state index in [1.807, 2.05) is 36.4 Å². The summed E-state index contributed by atoms with van der Waals surface area (Å²) in [4.78, 5) is 26.4. The average Bonchev–Trinajstić information content (AvgIpc) is 3.26. The Kier molecular flexibility index (Phi) is 3.89. The van der Waals surface area contributed by atoms with E-state index in [1.54, 1.807) is 23.1 Å². The van der Waals surface area contributed by atoms with Gasteiger partial charge < -0.3 is 14.6 Å². The molecule has 0 unspecified atom stereocenters. The highest BCUT2D eigenvalue weighted by atomic mass is 79.9. The predicted octanol–water partition coefficient (Wildman–Crippen LogP) is 4.45. The van der Waals surface area contributed by atoms with Gasteiger partial charge in [-0.2, -0.15) is 0 Å². The van der Waals surface area contributed by atoms with E-state index in [0.717, 1.165) is 16.8 Å². The summed E-state index contributed by atoms with van der Waals surface area (Å²) in [5.41, 5.74) is 3.12. The van der Waals surface area contributed by atoms with Crippen LogP contribution in [-0.2, 0) is 6.54 Å². The quantitative estimate of drug-likeness (QED) is 0.710. The van der Waals surface area contributed by atoms with Gasteiger partial charge in [0.25, 0.3) is 11.8 Å². The molecule has 2 amide bonds. The highest BCUT2D eigenvalue weighted by Crippen LogP contribution is 2.33. The molecule has 6 heteroatoms. The van der Waals surface area contributed by atoms with Gasteiger partial charge in [0.2, 0.25) is 0 Å². The second-order valence-electron chi connectivity index (χ2n) is 5.64. The number of nitrogens with one attached hydrogen (secondary N) is 1. The molecule has 2 heterocycles. The first-order valence-electron chi connectivity index (χ1n) is 7.67. The van der Waals surface area contributed by atoms with Crippen LogP contribution in [0.3, 0.4) is 0 Å². The van der Waals surface area contributed by atoms with Crippen LogP contribution in [0.1, 0.15) is 26.5 Å². The topological polar surface area (TPSA) is 62.6 Å². The zero-order chi connectivity index (χ0) is 17.4. The molecule has 4 rings (SSSR count). The largest absolute Gasteiger partial charge is 0.459 e. The first kappa shape index (κ1) is 15.7. The summed E-state index contributed by atoms with van der Waals surface area (Å²) in [5, 5.41) is 2.78. The molecule has 0 atom stereocenters. The fraction of sp³-hybridized carbons (Fsp3) is 0.0526. The van der Waals surface area contributed by atoms with Crippen LogP contribution >= 0.6 is 15.9 Å². The Balaban J connectivity index is 1.57. The van der Waals surface area contributed by atoms with Gasteiger partial charge in [0.1, 0.15) is 0 Å². The summed E-state index contributed by atoms with van der Waals surface area (Å²) in [6.07, 6.45) is 1.45. The number of anilines is 2. The van der Waals surface area contributed by atoms with Gasteiger partial charge in [0, 0.05) is 15.7 Å². The third-order valence-corrected chi connectivity index (χ3v) is 4.73. The van der Waals surface area contributed by atoms with Crippen molar-refractivity contribution in [2.75, 3.05) is 10.2 Å². The number of furan rings is 1. The lowest BCUT2D eigenvalue weighted by Crippen LogP contribution is -2.23.